The molecular weight excluding hydrogens is 314 g/mol. The van der Waals surface area contributed by atoms with E-state index >= 15 is 0 Å². The highest BCUT2D eigenvalue weighted by molar-refractivity contribution is 5.95. The molecule has 2 aromatic rings. The molecule has 0 radical (unpaired) electrons. The molecule has 0 fully saturated rings. The molecule has 1 atom stereocenters. The van der Waals surface area contributed by atoms with Crippen LogP contribution in [0.25, 0.3) is 0 Å². The van der Waals surface area contributed by atoms with E-state index in [-0.39, 0.29) is 30.8 Å². The first-order chi connectivity index (χ1) is 11.9. The van der Waals surface area contributed by atoms with E-state index in [1.165, 1.54) is 0 Å². The van der Waals surface area contributed by atoms with Crippen molar-refractivity contribution >= 4 is 17.5 Å². The van der Waals surface area contributed by atoms with Gasteiger partial charge in [0.15, 0.2) is 0 Å². The quantitative estimate of drug-likeness (QED) is 0.756. The van der Waals surface area contributed by atoms with Crippen LogP contribution in [0.2, 0.25) is 0 Å². The molecule has 0 saturated carbocycles. The Bertz CT molecular complexity index is 734. The Balaban J connectivity index is 1.85. The Kier molecular flexibility index (Phi) is 6.31. The molecule has 0 spiro atoms. The van der Waals surface area contributed by atoms with Gasteiger partial charge in [0.1, 0.15) is 0 Å². The van der Waals surface area contributed by atoms with Gasteiger partial charge in [-0.1, -0.05) is 48.0 Å². The van der Waals surface area contributed by atoms with Gasteiger partial charge in [-0.3, -0.25) is 9.59 Å². The van der Waals surface area contributed by atoms with Gasteiger partial charge >= 0.3 is 0 Å². The lowest BCUT2D eigenvalue weighted by molar-refractivity contribution is -0.124. The Morgan fingerprint density at radius 2 is 1.60 bits per heavy atom. The number of hydrogen-bond acceptors (Lipinski definition) is 3. The van der Waals surface area contributed by atoms with Crippen molar-refractivity contribution in [1.82, 2.24) is 5.32 Å². The van der Waals surface area contributed by atoms with Crippen molar-refractivity contribution in [3.05, 3.63) is 64.7 Å². The fourth-order valence-corrected chi connectivity index (χ4v) is 2.83. The van der Waals surface area contributed by atoms with Gasteiger partial charge in [0.2, 0.25) is 11.8 Å². The Labute approximate surface area is 148 Å². The number of nitrogens with one attached hydrogen (secondary N) is 2. The van der Waals surface area contributed by atoms with Gasteiger partial charge in [0, 0.05) is 18.2 Å². The van der Waals surface area contributed by atoms with Crippen LogP contribution in [0.15, 0.2) is 42.5 Å². The number of benzene rings is 2. The van der Waals surface area contributed by atoms with E-state index in [1.807, 2.05) is 63.2 Å². The molecule has 25 heavy (non-hydrogen) atoms. The Morgan fingerprint density at radius 1 is 1.00 bits per heavy atom. The molecule has 0 aromatic heterocycles. The van der Waals surface area contributed by atoms with E-state index in [0.717, 1.165) is 27.9 Å². The third kappa shape index (κ3) is 5.43. The van der Waals surface area contributed by atoms with Gasteiger partial charge in [-0.05, 0) is 37.5 Å². The highest BCUT2D eigenvalue weighted by atomic mass is 16.2. The van der Waals surface area contributed by atoms with Crippen LogP contribution in [-0.4, -0.2) is 18.4 Å². The van der Waals surface area contributed by atoms with Crippen LogP contribution in [0.5, 0.6) is 0 Å². The lowest BCUT2D eigenvalue weighted by Gasteiger charge is -2.14. The Hall–Kier alpha value is -2.66. The maximum atomic E-state index is 12.1. The number of anilines is 1. The summed E-state index contributed by atoms with van der Waals surface area (Å²) in [5.41, 5.74) is 10.9. The molecule has 0 aliphatic rings. The second kappa shape index (κ2) is 8.44. The minimum Gasteiger partial charge on any atom is -0.347 e. The van der Waals surface area contributed by atoms with Gasteiger partial charge < -0.3 is 16.4 Å². The largest absolute Gasteiger partial charge is 0.347 e. The fourth-order valence-electron chi connectivity index (χ4n) is 2.83. The maximum Gasteiger partial charge on any atom is 0.243 e. The van der Waals surface area contributed by atoms with Crippen molar-refractivity contribution in [1.29, 1.82) is 0 Å². The summed E-state index contributed by atoms with van der Waals surface area (Å²) in [4.78, 5) is 24.1. The predicted octanol–water partition coefficient (Wildman–Crippen LogP) is 2.76. The van der Waals surface area contributed by atoms with Gasteiger partial charge in [-0.25, -0.2) is 0 Å². The van der Waals surface area contributed by atoms with Gasteiger partial charge in [0.25, 0.3) is 0 Å². The lowest BCUT2D eigenvalue weighted by atomic mass is 10.0. The van der Waals surface area contributed by atoms with Crippen molar-refractivity contribution in [2.24, 2.45) is 5.73 Å². The maximum absolute atomic E-state index is 12.1. The molecule has 0 aliphatic heterocycles. The first kappa shape index (κ1) is 18.7. The third-order valence-corrected chi connectivity index (χ3v) is 4.02. The molecule has 2 amide bonds. The standard InChI is InChI=1S/C20H25N3O2/c1-13-9-14(2)20(15(3)10-13)23-19(25)12-22-18(24)11-17(21)16-7-5-4-6-8-16/h4-10,17H,11-12,21H2,1-3H3,(H,22,24)(H,23,25). The highest BCUT2D eigenvalue weighted by Gasteiger charge is 2.13. The molecule has 132 valence electrons. The average molecular weight is 339 g/mol. The molecule has 5 heteroatoms. The van der Waals surface area contributed by atoms with Crippen molar-refractivity contribution in [2.45, 2.75) is 33.2 Å². The zero-order valence-electron chi connectivity index (χ0n) is 14.9. The molecular formula is C20H25N3O2. The summed E-state index contributed by atoms with van der Waals surface area (Å²) in [6.45, 7) is 5.84. The van der Waals surface area contributed by atoms with Crippen LogP contribution < -0.4 is 16.4 Å². The molecule has 4 N–H and O–H groups in total. The minimum atomic E-state index is -0.383. The van der Waals surface area contributed by atoms with Crippen LogP contribution in [0.4, 0.5) is 5.69 Å². The van der Waals surface area contributed by atoms with Crippen molar-refractivity contribution in [3.63, 3.8) is 0 Å². The summed E-state index contributed by atoms with van der Waals surface area (Å²) < 4.78 is 0. The molecule has 0 heterocycles. The molecule has 5 nitrogen and oxygen atoms in total. The molecule has 2 aromatic carbocycles. The van der Waals surface area contributed by atoms with E-state index in [9.17, 15) is 9.59 Å². The molecule has 1 unspecified atom stereocenters. The molecule has 2 rings (SSSR count). The highest BCUT2D eigenvalue weighted by Crippen LogP contribution is 2.21. The van der Waals surface area contributed by atoms with Crippen LogP contribution in [-0.2, 0) is 9.59 Å². The van der Waals surface area contributed by atoms with Crippen LogP contribution in [0.3, 0.4) is 0 Å². The zero-order chi connectivity index (χ0) is 18.4. The summed E-state index contributed by atoms with van der Waals surface area (Å²) >= 11 is 0. The monoisotopic (exact) mass is 339 g/mol. The normalized spacial score (nSPS) is 11.7. The minimum absolute atomic E-state index is 0.0763. The Morgan fingerprint density at radius 3 is 2.20 bits per heavy atom. The average Bonchev–Trinajstić information content (AvgIpc) is 2.57. The summed E-state index contributed by atoms with van der Waals surface area (Å²) in [6, 6.07) is 13.1. The number of rotatable bonds is 6. The number of carbonyl (C=O) groups excluding carboxylic acids is 2. The number of carbonyl (C=O) groups is 2. The number of nitrogens with two attached hydrogens (primary N) is 1. The second-order valence-electron chi connectivity index (χ2n) is 6.32. The topological polar surface area (TPSA) is 84.2 Å². The summed E-state index contributed by atoms with van der Waals surface area (Å²) in [7, 11) is 0. The summed E-state index contributed by atoms with van der Waals surface area (Å²) in [5, 5.41) is 5.48. The SMILES string of the molecule is Cc1cc(C)c(NC(=O)CNC(=O)CC(N)c2ccccc2)c(C)c1. The van der Waals surface area contributed by atoms with Gasteiger partial charge in [-0.15, -0.1) is 0 Å². The van der Waals surface area contributed by atoms with Crippen LogP contribution in [0.1, 0.15) is 34.7 Å². The van der Waals surface area contributed by atoms with Crippen molar-refractivity contribution in [2.75, 3.05) is 11.9 Å². The van der Waals surface area contributed by atoms with Crippen molar-refractivity contribution < 1.29 is 9.59 Å². The fraction of sp³-hybridized carbons (Fsp3) is 0.300. The molecule has 0 saturated heterocycles. The van der Waals surface area contributed by atoms with E-state index in [0.29, 0.717) is 0 Å². The van der Waals surface area contributed by atoms with E-state index in [1.54, 1.807) is 0 Å². The van der Waals surface area contributed by atoms with E-state index in [4.69, 9.17) is 5.73 Å². The first-order valence-corrected chi connectivity index (χ1v) is 8.31. The smallest absolute Gasteiger partial charge is 0.243 e. The summed E-state index contributed by atoms with van der Waals surface area (Å²) in [6.07, 6.45) is 0.139. The van der Waals surface area contributed by atoms with Gasteiger partial charge in [-0.2, -0.15) is 0 Å². The predicted molar refractivity (Wildman–Crippen MR) is 100 cm³/mol. The lowest BCUT2D eigenvalue weighted by Crippen LogP contribution is -2.34. The number of amides is 2. The molecule has 0 bridgehead atoms. The second-order valence-corrected chi connectivity index (χ2v) is 6.32. The first-order valence-electron chi connectivity index (χ1n) is 8.31. The zero-order valence-corrected chi connectivity index (χ0v) is 14.9. The van der Waals surface area contributed by atoms with Crippen molar-refractivity contribution in [3.8, 4) is 0 Å². The number of aryl methyl sites for hydroxylation is 3. The van der Waals surface area contributed by atoms with E-state index < -0.39 is 0 Å². The van der Waals surface area contributed by atoms with Crippen LogP contribution in [0, 0.1) is 20.8 Å². The third-order valence-electron chi connectivity index (χ3n) is 4.02. The summed E-state index contributed by atoms with van der Waals surface area (Å²) in [5.74, 6) is -0.500. The molecule has 0 aliphatic carbocycles. The van der Waals surface area contributed by atoms with Gasteiger partial charge in [0.05, 0.1) is 6.54 Å². The number of hydrogen-bond donors (Lipinski definition) is 3. The van der Waals surface area contributed by atoms with Crippen LogP contribution >= 0.6 is 0 Å². The van der Waals surface area contributed by atoms with E-state index in [2.05, 4.69) is 10.6 Å².